The maximum Gasteiger partial charge on any atom is 0.246 e. The van der Waals surface area contributed by atoms with E-state index in [1.807, 2.05) is 0 Å². The largest absolute Gasteiger partial charge is 0.398 e. The fourth-order valence-electron chi connectivity index (χ4n) is 2.22. The van der Waals surface area contributed by atoms with E-state index in [1.165, 1.54) is 12.1 Å². The Kier molecular flexibility index (Phi) is 5.08. The van der Waals surface area contributed by atoms with Gasteiger partial charge in [-0.25, -0.2) is 8.42 Å². The molecular formula is C14H20Cl2N2O2S. The molecule has 0 unspecified atom stereocenters. The van der Waals surface area contributed by atoms with Crippen LogP contribution in [0.5, 0.6) is 0 Å². The molecule has 1 fully saturated rings. The molecular weight excluding hydrogens is 331 g/mol. The van der Waals surface area contributed by atoms with Crippen molar-refractivity contribution in [3.05, 3.63) is 22.2 Å². The van der Waals surface area contributed by atoms with Crippen LogP contribution in [-0.4, -0.2) is 25.3 Å². The minimum Gasteiger partial charge on any atom is -0.398 e. The number of rotatable bonds is 6. The van der Waals surface area contributed by atoms with Crippen molar-refractivity contribution >= 4 is 38.9 Å². The molecule has 2 N–H and O–H groups in total. The highest BCUT2D eigenvalue weighted by Gasteiger charge is 2.39. The molecule has 2 rings (SSSR count). The lowest BCUT2D eigenvalue weighted by molar-refractivity contribution is 0.373. The molecule has 0 bridgehead atoms. The van der Waals surface area contributed by atoms with Gasteiger partial charge in [0.15, 0.2) is 0 Å². The normalized spacial score (nSPS) is 15.9. The highest BCUT2D eigenvalue weighted by atomic mass is 35.5. The smallest absolute Gasteiger partial charge is 0.246 e. The third kappa shape index (κ3) is 3.83. The van der Waals surface area contributed by atoms with Crippen LogP contribution in [0.4, 0.5) is 5.69 Å². The summed E-state index contributed by atoms with van der Waals surface area (Å²) in [5.41, 5.74) is 5.95. The molecule has 0 saturated heterocycles. The summed E-state index contributed by atoms with van der Waals surface area (Å²) in [5, 5.41) is 0.409. The number of hydrogen-bond donors (Lipinski definition) is 1. The fraction of sp³-hybridized carbons (Fsp3) is 0.571. The second-order valence-corrected chi connectivity index (χ2v) is 8.51. The van der Waals surface area contributed by atoms with Gasteiger partial charge < -0.3 is 5.73 Å². The molecule has 1 aromatic carbocycles. The lowest BCUT2D eigenvalue weighted by atomic mass is 10.1. The minimum atomic E-state index is -3.69. The maximum atomic E-state index is 12.9. The summed E-state index contributed by atoms with van der Waals surface area (Å²) in [7, 11) is -3.69. The van der Waals surface area contributed by atoms with Crippen LogP contribution in [0.15, 0.2) is 17.0 Å². The molecule has 1 aliphatic carbocycles. The summed E-state index contributed by atoms with van der Waals surface area (Å²) in [4.78, 5) is -0.0239. The zero-order valence-electron chi connectivity index (χ0n) is 12.1. The molecule has 0 spiro atoms. The Balaban J connectivity index is 2.39. The van der Waals surface area contributed by atoms with Crippen molar-refractivity contribution in [3.8, 4) is 0 Å². The summed E-state index contributed by atoms with van der Waals surface area (Å²) >= 11 is 11.9. The van der Waals surface area contributed by atoms with Crippen molar-refractivity contribution in [3.63, 3.8) is 0 Å². The van der Waals surface area contributed by atoms with Crippen LogP contribution in [0.2, 0.25) is 10.0 Å². The lowest BCUT2D eigenvalue weighted by Crippen LogP contribution is -2.35. The van der Waals surface area contributed by atoms with Crippen LogP contribution in [0.1, 0.15) is 33.1 Å². The van der Waals surface area contributed by atoms with Crippen LogP contribution in [-0.2, 0) is 10.0 Å². The van der Waals surface area contributed by atoms with E-state index in [-0.39, 0.29) is 21.6 Å². The summed E-state index contributed by atoms with van der Waals surface area (Å²) in [5.74, 6) is 0.430. The minimum absolute atomic E-state index is 0.0239. The van der Waals surface area contributed by atoms with E-state index >= 15 is 0 Å². The first-order chi connectivity index (χ1) is 9.73. The van der Waals surface area contributed by atoms with Gasteiger partial charge in [0.05, 0.1) is 10.7 Å². The molecule has 0 atom stereocenters. The number of anilines is 1. The Hall–Kier alpha value is -0.490. The number of nitrogens with zero attached hydrogens (tertiary/aromatic N) is 1. The summed E-state index contributed by atoms with van der Waals surface area (Å²) in [6.07, 6.45) is 2.59. The van der Waals surface area contributed by atoms with Gasteiger partial charge in [-0.2, -0.15) is 4.31 Å². The first-order valence-electron chi connectivity index (χ1n) is 7.00. The van der Waals surface area contributed by atoms with Gasteiger partial charge >= 0.3 is 0 Å². The zero-order valence-corrected chi connectivity index (χ0v) is 14.5. The quantitative estimate of drug-likeness (QED) is 0.794. The number of benzene rings is 1. The molecule has 1 aliphatic rings. The second-order valence-electron chi connectivity index (χ2n) is 5.84. The average Bonchev–Trinajstić information content (AvgIpc) is 3.10. The Labute approximate surface area is 136 Å². The van der Waals surface area contributed by atoms with Gasteiger partial charge in [0.25, 0.3) is 0 Å². The molecule has 4 nitrogen and oxygen atoms in total. The number of nitrogen functional groups attached to an aromatic ring is 1. The number of nitrogens with two attached hydrogens (primary N) is 1. The number of hydrogen-bond acceptors (Lipinski definition) is 3. The fourth-order valence-corrected chi connectivity index (χ4v) is 4.86. The predicted octanol–water partition coefficient (Wildman–Crippen LogP) is 3.77. The molecule has 0 aromatic heterocycles. The molecule has 0 aliphatic heterocycles. The SMILES string of the molecule is CC(C)CCN(C1CC1)S(=O)(=O)c1c(N)cc(Cl)cc1Cl. The van der Waals surface area contributed by atoms with E-state index in [0.29, 0.717) is 17.5 Å². The first-order valence-corrected chi connectivity index (χ1v) is 9.19. The number of halogens is 2. The maximum absolute atomic E-state index is 12.9. The summed E-state index contributed by atoms with van der Waals surface area (Å²) in [6.45, 7) is 4.63. The van der Waals surface area contributed by atoms with Crippen LogP contribution >= 0.6 is 23.2 Å². The van der Waals surface area contributed by atoms with E-state index in [0.717, 1.165) is 19.3 Å². The Bertz CT molecular complexity index is 605. The third-order valence-electron chi connectivity index (χ3n) is 3.48. The van der Waals surface area contributed by atoms with Crippen LogP contribution in [0.25, 0.3) is 0 Å². The van der Waals surface area contributed by atoms with Crippen molar-refractivity contribution < 1.29 is 8.42 Å². The van der Waals surface area contributed by atoms with E-state index in [2.05, 4.69) is 13.8 Å². The van der Waals surface area contributed by atoms with Crippen LogP contribution < -0.4 is 5.73 Å². The molecule has 21 heavy (non-hydrogen) atoms. The van der Waals surface area contributed by atoms with Crippen LogP contribution in [0.3, 0.4) is 0 Å². The Morgan fingerprint density at radius 2 is 1.95 bits per heavy atom. The predicted molar refractivity (Wildman–Crippen MR) is 87.2 cm³/mol. The highest BCUT2D eigenvalue weighted by molar-refractivity contribution is 7.89. The monoisotopic (exact) mass is 350 g/mol. The van der Waals surface area contributed by atoms with E-state index in [1.54, 1.807) is 4.31 Å². The van der Waals surface area contributed by atoms with Crippen LogP contribution in [0, 0.1) is 5.92 Å². The number of sulfonamides is 1. The molecule has 0 radical (unpaired) electrons. The lowest BCUT2D eigenvalue weighted by Gasteiger charge is -2.24. The summed E-state index contributed by atoms with van der Waals surface area (Å²) < 4.78 is 27.3. The van der Waals surface area contributed by atoms with Crippen molar-refractivity contribution in [1.82, 2.24) is 4.31 Å². The molecule has 1 saturated carbocycles. The van der Waals surface area contributed by atoms with Gasteiger partial charge in [-0.1, -0.05) is 37.0 Å². The summed E-state index contributed by atoms with van der Waals surface area (Å²) in [6, 6.07) is 2.91. The van der Waals surface area contributed by atoms with Gasteiger partial charge in [-0.15, -0.1) is 0 Å². The molecule has 1 aromatic rings. The van der Waals surface area contributed by atoms with Gasteiger partial charge in [0.2, 0.25) is 10.0 Å². The van der Waals surface area contributed by atoms with Crippen molar-refractivity contribution in [2.24, 2.45) is 5.92 Å². The second kappa shape index (κ2) is 6.32. The first kappa shape index (κ1) is 16.9. The topological polar surface area (TPSA) is 63.4 Å². The van der Waals surface area contributed by atoms with Crippen molar-refractivity contribution in [1.29, 1.82) is 0 Å². The highest BCUT2D eigenvalue weighted by Crippen LogP contribution is 2.38. The molecule has 7 heteroatoms. The molecule has 0 heterocycles. The third-order valence-corrected chi connectivity index (χ3v) is 6.18. The standard InChI is InChI=1S/C14H20Cl2N2O2S/c1-9(2)5-6-18(11-3-4-11)21(19,20)14-12(16)7-10(15)8-13(14)17/h7-9,11H,3-6,17H2,1-2H3. The van der Waals surface area contributed by atoms with E-state index in [4.69, 9.17) is 28.9 Å². The molecule has 118 valence electrons. The van der Waals surface area contributed by atoms with Gasteiger partial charge in [0.1, 0.15) is 4.90 Å². The molecule has 0 amide bonds. The van der Waals surface area contributed by atoms with Gasteiger partial charge in [-0.3, -0.25) is 0 Å². The Morgan fingerprint density at radius 3 is 2.43 bits per heavy atom. The van der Waals surface area contributed by atoms with Gasteiger partial charge in [-0.05, 0) is 37.3 Å². The van der Waals surface area contributed by atoms with Crippen molar-refractivity contribution in [2.75, 3.05) is 12.3 Å². The van der Waals surface area contributed by atoms with E-state index in [9.17, 15) is 8.42 Å². The van der Waals surface area contributed by atoms with Crippen molar-refractivity contribution in [2.45, 2.75) is 44.0 Å². The zero-order chi connectivity index (χ0) is 15.8. The van der Waals surface area contributed by atoms with Gasteiger partial charge in [0, 0.05) is 17.6 Å². The Morgan fingerprint density at radius 1 is 1.33 bits per heavy atom. The van der Waals surface area contributed by atoms with E-state index < -0.39 is 10.0 Å². The average molecular weight is 351 g/mol.